The van der Waals surface area contributed by atoms with Gasteiger partial charge in [-0.15, -0.1) is 11.8 Å². The molecule has 0 saturated heterocycles. The number of nitrogens with one attached hydrogen (secondary N) is 1. The Hall–Kier alpha value is -2.54. The van der Waals surface area contributed by atoms with Gasteiger partial charge in [-0.3, -0.25) is 4.79 Å². The van der Waals surface area contributed by atoms with Crippen LogP contribution in [0.1, 0.15) is 6.42 Å². The van der Waals surface area contributed by atoms with Crippen molar-refractivity contribution in [3.05, 3.63) is 36.4 Å². The van der Waals surface area contributed by atoms with Gasteiger partial charge in [-0.2, -0.15) is 0 Å². The molecule has 0 spiro atoms. The monoisotopic (exact) mass is 375 g/mol. The minimum atomic E-state index is -0.102. The van der Waals surface area contributed by atoms with E-state index in [0.717, 1.165) is 22.8 Å². The second-order valence-corrected chi connectivity index (χ2v) is 6.61. The van der Waals surface area contributed by atoms with Crippen LogP contribution in [0.3, 0.4) is 0 Å². The summed E-state index contributed by atoms with van der Waals surface area (Å²) in [5.74, 6) is 2.85. The predicted molar refractivity (Wildman–Crippen MR) is 101 cm³/mol. The molecular weight excluding hydrogens is 354 g/mol. The quantitative estimate of drug-likeness (QED) is 0.779. The SMILES string of the molecule is COc1ccc(NC(=O)CSc2ccc3c(c2)OCCCO3)cc1OC. The molecule has 1 N–H and O–H groups in total. The second-order valence-electron chi connectivity index (χ2n) is 5.57. The summed E-state index contributed by atoms with van der Waals surface area (Å²) in [5.41, 5.74) is 0.659. The van der Waals surface area contributed by atoms with E-state index < -0.39 is 0 Å². The number of carbonyl (C=O) groups excluding carboxylic acids is 1. The first-order valence-corrected chi connectivity index (χ1v) is 9.22. The highest BCUT2D eigenvalue weighted by atomic mass is 32.2. The molecule has 1 heterocycles. The minimum absolute atomic E-state index is 0.102. The molecule has 0 aromatic heterocycles. The van der Waals surface area contributed by atoms with Crippen molar-refractivity contribution in [2.75, 3.05) is 38.5 Å². The Balaban J connectivity index is 1.58. The summed E-state index contributed by atoms with van der Waals surface area (Å²) in [4.78, 5) is 13.2. The average molecular weight is 375 g/mol. The average Bonchev–Trinajstić information content (AvgIpc) is 2.91. The summed E-state index contributed by atoms with van der Waals surface area (Å²) in [7, 11) is 3.13. The largest absolute Gasteiger partial charge is 0.493 e. The maximum atomic E-state index is 12.2. The zero-order chi connectivity index (χ0) is 18.4. The van der Waals surface area contributed by atoms with Crippen LogP contribution in [0.25, 0.3) is 0 Å². The molecule has 0 aliphatic carbocycles. The van der Waals surface area contributed by atoms with Crippen molar-refractivity contribution < 1.29 is 23.7 Å². The predicted octanol–water partition coefficient (Wildman–Crippen LogP) is 3.60. The number of anilines is 1. The van der Waals surface area contributed by atoms with Crippen LogP contribution in [0.5, 0.6) is 23.0 Å². The summed E-state index contributed by atoms with van der Waals surface area (Å²) in [5, 5.41) is 2.86. The number of fused-ring (bicyclic) bond motifs is 1. The number of methoxy groups -OCH3 is 2. The Morgan fingerprint density at radius 3 is 2.58 bits per heavy atom. The zero-order valence-corrected chi connectivity index (χ0v) is 15.6. The zero-order valence-electron chi connectivity index (χ0n) is 14.7. The molecule has 2 aromatic carbocycles. The van der Waals surface area contributed by atoms with Gasteiger partial charge in [0.1, 0.15) is 0 Å². The van der Waals surface area contributed by atoms with E-state index in [-0.39, 0.29) is 11.7 Å². The second kappa shape index (κ2) is 8.71. The lowest BCUT2D eigenvalue weighted by Gasteiger charge is -2.11. The van der Waals surface area contributed by atoms with Gasteiger partial charge in [0.15, 0.2) is 23.0 Å². The van der Waals surface area contributed by atoms with Crippen LogP contribution < -0.4 is 24.3 Å². The molecule has 0 radical (unpaired) electrons. The molecule has 0 bridgehead atoms. The molecule has 6 nitrogen and oxygen atoms in total. The van der Waals surface area contributed by atoms with E-state index in [4.69, 9.17) is 18.9 Å². The topological polar surface area (TPSA) is 66.0 Å². The van der Waals surface area contributed by atoms with Crippen LogP contribution in [0.4, 0.5) is 5.69 Å². The fraction of sp³-hybridized carbons (Fsp3) is 0.316. The molecule has 0 atom stereocenters. The molecular formula is C19H21NO5S. The number of ether oxygens (including phenoxy) is 4. The lowest BCUT2D eigenvalue weighted by Crippen LogP contribution is -2.14. The number of rotatable bonds is 6. The van der Waals surface area contributed by atoms with Gasteiger partial charge in [-0.1, -0.05) is 0 Å². The molecule has 3 rings (SSSR count). The van der Waals surface area contributed by atoms with Crippen molar-refractivity contribution in [3.63, 3.8) is 0 Å². The van der Waals surface area contributed by atoms with Crippen molar-refractivity contribution in [2.45, 2.75) is 11.3 Å². The van der Waals surface area contributed by atoms with E-state index >= 15 is 0 Å². The third kappa shape index (κ3) is 4.54. The normalized spacial score (nSPS) is 12.8. The number of hydrogen-bond acceptors (Lipinski definition) is 6. The molecule has 0 unspecified atom stereocenters. The van der Waals surface area contributed by atoms with E-state index in [9.17, 15) is 4.79 Å². The molecule has 1 aliphatic heterocycles. The first kappa shape index (κ1) is 18.3. The molecule has 0 fully saturated rings. The van der Waals surface area contributed by atoms with Crippen LogP contribution in [0.15, 0.2) is 41.3 Å². The number of hydrogen-bond donors (Lipinski definition) is 1. The fourth-order valence-corrected chi connectivity index (χ4v) is 3.22. The standard InChI is InChI=1S/C19H21NO5S/c1-22-15-6-4-13(10-17(15)23-2)20-19(21)12-26-14-5-7-16-18(11-14)25-9-3-8-24-16/h4-7,10-11H,3,8-9,12H2,1-2H3,(H,20,21). The van der Waals surface area contributed by atoms with Gasteiger partial charge < -0.3 is 24.3 Å². The van der Waals surface area contributed by atoms with Crippen LogP contribution in [-0.4, -0.2) is 39.1 Å². The first-order valence-electron chi connectivity index (χ1n) is 8.24. The van der Waals surface area contributed by atoms with Gasteiger partial charge in [0.25, 0.3) is 0 Å². The Bertz CT molecular complexity index is 781. The summed E-state index contributed by atoms with van der Waals surface area (Å²) in [6, 6.07) is 11.0. The van der Waals surface area contributed by atoms with Crippen LogP contribution in [-0.2, 0) is 4.79 Å². The Morgan fingerprint density at radius 1 is 1.04 bits per heavy atom. The van der Waals surface area contributed by atoms with Gasteiger partial charge in [-0.05, 0) is 30.3 Å². The van der Waals surface area contributed by atoms with Gasteiger partial charge in [0.2, 0.25) is 5.91 Å². The Kier molecular flexibility index (Phi) is 6.12. The minimum Gasteiger partial charge on any atom is -0.493 e. The highest BCUT2D eigenvalue weighted by Gasteiger charge is 2.12. The van der Waals surface area contributed by atoms with Crippen molar-refractivity contribution in [2.24, 2.45) is 0 Å². The number of benzene rings is 2. The van der Waals surface area contributed by atoms with E-state index in [1.54, 1.807) is 32.4 Å². The fourth-order valence-electron chi connectivity index (χ4n) is 2.49. The number of thioether (sulfide) groups is 1. The van der Waals surface area contributed by atoms with Crippen molar-refractivity contribution in [1.82, 2.24) is 0 Å². The third-order valence-electron chi connectivity index (χ3n) is 3.76. The number of amides is 1. The lowest BCUT2D eigenvalue weighted by molar-refractivity contribution is -0.113. The van der Waals surface area contributed by atoms with Crippen LogP contribution in [0, 0.1) is 0 Å². The molecule has 1 amide bonds. The molecule has 7 heteroatoms. The summed E-state index contributed by atoms with van der Waals surface area (Å²) < 4.78 is 21.7. The maximum absolute atomic E-state index is 12.2. The Morgan fingerprint density at radius 2 is 1.81 bits per heavy atom. The van der Waals surface area contributed by atoms with E-state index in [1.165, 1.54) is 11.8 Å². The molecule has 138 valence electrons. The summed E-state index contributed by atoms with van der Waals surface area (Å²) >= 11 is 1.44. The van der Waals surface area contributed by atoms with E-state index in [1.807, 2.05) is 18.2 Å². The van der Waals surface area contributed by atoms with E-state index in [2.05, 4.69) is 5.32 Å². The summed E-state index contributed by atoms with van der Waals surface area (Å²) in [6.07, 6.45) is 0.866. The highest BCUT2D eigenvalue weighted by Crippen LogP contribution is 2.34. The van der Waals surface area contributed by atoms with E-state index in [0.29, 0.717) is 30.4 Å². The van der Waals surface area contributed by atoms with Crippen LogP contribution in [0.2, 0.25) is 0 Å². The summed E-state index contributed by atoms with van der Waals surface area (Å²) in [6.45, 7) is 1.30. The Labute approximate surface area is 156 Å². The maximum Gasteiger partial charge on any atom is 0.234 e. The van der Waals surface area contributed by atoms with Crippen molar-refractivity contribution in [1.29, 1.82) is 0 Å². The molecule has 0 saturated carbocycles. The van der Waals surface area contributed by atoms with Gasteiger partial charge in [0.05, 0.1) is 33.2 Å². The third-order valence-corrected chi connectivity index (χ3v) is 4.75. The van der Waals surface area contributed by atoms with Crippen LogP contribution >= 0.6 is 11.8 Å². The molecule has 26 heavy (non-hydrogen) atoms. The smallest absolute Gasteiger partial charge is 0.234 e. The first-order chi connectivity index (χ1) is 12.7. The van der Waals surface area contributed by atoms with Gasteiger partial charge in [-0.25, -0.2) is 0 Å². The van der Waals surface area contributed by atoms with Gasteiger partial charge >= 0.3 is 0 Å². The molecule has 2 aromatic rings. The van der Waals surface area contributed by atoms with Crippen molar-refractivity contribution >= 4 is 23.4 Å². The highest BCUT2D eigenvalue weighted by molar-refractivity contribution is 8.00. The lowest BCUT2D eigenvalue weighted by atomic mass is 10.2. The number of carbonyl (C=O) groups is 1. The molecule has 1 aliphatic rings. The van der Waals surface area contributed by atoms with Crippen molar-refractivity contribution in [3.8, 4) is 23.0 Å². The van der Waals surface area contributed by atoms with Gasteiger partial charge in [0, 0.05) is 23.1 Å².